The van der Waals surface area contributed by atoms with E-state index in [0.717, 1.165) is 0 Å². The highest BCUT2D eigenvalue weighted by atomic mass is 32.2. The van der Waals surface area contributed by atoms with Crippen LogP contribution in [0.2, 0.25) is 0 Å². The fourth-order valence-corrected chi connectivity index (χ4v) is 5.37. The van der Waals surface area contributed by atoms with Crippen molar-refractivity contribution in [1.29, 1.82) is 0 Å². The first-order valence-corrected chi connectivity index (χ1v) is 12.5. The summed E-state index contributed by atoms with van der Waals surface area (Å²) >= 11 is 0. The minimum atomic E-state index is -3.91. The summed E-state index contributed by atoms with van der Waals surface area (Å²) in [6.07, 6.45) is 2.41. The number of ether oxygens (including phenoxy) is 1. The summed E-state index contributed by atoms with van der Waals surface area (Å²) in [5, 5.41) is 3.41. The van der Waals surface area contributed by atoms with Gasteiger partial charge in [-0.2, -0.15) is 0 Å². The topological polar surface area (TPSA) is 124 Å². The predicted molar refractivity (Wildman–Crippen MR) is 128 cm³/mol. The molecule has 0 aliphatic carbocycles. The molecule has 3 N–H and O–H groups in total. The molecule has 0 bridgehead atoms. The van der Waals surface area contributed by atoms with Crippen molar-refractivity contribution >= 4 is 32.7 Å². The van der Waals surface area contributed by atoms with Crippen LogP contribution in [0.1, 0.15) is 18.9 Å². The molecular weight excluding hydrogens is 456 g/mol. The third-order valence-electron chi connectivity index (χ3n) is 5.80. The third kappa shape index (κ3) is 4.78. The Hall–Kier alpha value is -3.37. The Balaban J connectivity index is 1.64. The van der Waals surface area contributed by atoms with E-state index in [1.54, 1.807) is 31.3 Å². The van der Waals surface area contributed by atoms with Crippen molar-refractivity contribution in [3.05, 3.63) is 60.3 Å². The quantitative estimate of drug-likeness (QED) is 0.499. The SMILES string of the molecule is C[C@H](N)CCOc1ccc(S(=O)(=O)n2cc(C[C@@H]3NC(=O)CN(C)C3=O)c3ccccc32)cc1. The van der Waals surface area contributed by atoms with E-state index in [9.17, 15) is 18.0 Å². The average Bonchev–Trinajstić information content (AvgIpc) is 3.16. The number of para-hydroxylation sites is 1. The number of nitrogens with one attached hydrogen (secondary N) is 1. The predicted octanol–water partition coefficient (Wildman–Crippen LogP) is 1.49. The van der Waals surface area contributed by atoms with Crippen LogP contribution in [0.25, 0.3) is 10.9 Å². The molecule has 34 heavy (non-hydrogen) atoms. The lowest BCUT2D eigenvalue weighted by Crippen LogP contribution is -2.57. The van der Waals surface area contributed by atoms with Gasteiger partial charge in [0, 0.05) is 31.1 Å². The molecule has 0 saturated carbocycles. The van der Waals surface area contributed by atoms with Crippen LogP contribution in [-0.2, 0) is 26.0 Å². The molecule has 9 nitrogen and oxygen atoms in total. The van der Waals surface area contributed by atoms with E-state index < -0.39 is 16.1 Å². The van der Waals surface area contributed by atoms with E-state index in [-0.39, 0.29) is 35.7 Å². The number of likely N-dealkylation sites (N-methyl/N-ethyl adjacent to an activating group) is 1. The Morgan fingerprint density at radius 2 is 1.85 bits per heavy atom. The highest BCUT2D eigenvalue weighted by Crippen LogP contribution is 2.28. The molecule has 1 aliphatic rings. The summed E-state index contributed by atoms with van der Waals surface area (Å²) in [5.41, 5.74) is 6.88. The van der Waals surface area contributed by atoms with Crippen molar-refractivity contribution in [1.82, 2.24) is 14.2 Å². The van der Waals surface area contributed by atoms with E-state index in [4.69, 9.17) is 10.5 Å². The van der Waals surface area contributed by atoms with Gasteiger partial charge in [-0.3, -0.25) is 9.59 Å². The maximum atomic E-state index is 13.5. The maximum Gasteiger partial charge on any atom is 0.268 e. The Morgan fingerprint density at radius 1 is 1.15 bits per heavy atom. The number of carbonyl (C=O) groups excluding carboxylic acids is 2. The monoisotopic (exact) mass is 484 g/mol. The minimum Gasteiger partial charge on any atom is -0.494 e. The van der Waals surface area contributed by atoms with Crippen LogP contribution in [0.15, 0.2) is 59.6 Å². The van der Waals surface area contributed by atoms with Gasteiger partial charge in [0.1, 0.15) is 11.8 Å². The molecule has 2 aromatic carbocycles. The van der Waals surface area contributed by atoms with Crippen LogP contribution in [0.5, 0.6) is 5.75 Å². The average molecular weight is 485 g/mol. The van der Waals surface area contributed by atoms with Gasteiger partial charge < -0.3 is 20.7 Å². The highest BCUT2D eigenvalue weighted by Gasteiger charge is 2.32. The Bertz CT molecular complexity index is 1310. The number of aromatic nitrogens is 1. The second-order valence-corrected chi connectivity index (χ2v) is 10.4. The van der Waals surface area contributed by atoms with Gasteiger partial charge in [0.05, 0.1) is 23.6 Å². The molecule has 1 aliphatic heterocycles. The molecule has 10 heteroatoms. The molecule has 0 unspecified atom stereocenters. The largest absolute Gasteiger partial charge is 0.494 e. The lowest BCUT2D eigenvalue weighted by molar-refractivity contribution is -0.142. The lowest BCUT2D eigenvalue weighted by Gasteiger charge is -2.29. The highest BCUT2D eigenvalue weighted by molar-refractivity contribution is 7.90. The van der Waals surface area contributed by atoms with Crippen LogP contribution in [0.3, 0.4) is 0 Å². The number of carbonyl (C=O) groups is 2. The number of nitrogens with zero attached hydrogens (tertiary/aromatic N) is 2. The second kappa shape index (κ2) is 9.47. The molecule has 1 fully saturated rings. The van der Waals surface area contributed by atoms with Gasteiger partial charge in [-0.25, -0.2) is 12.4 Å². The number of rotatable bonds is 8. The van der Waals surface area contributed by atoms with Gasteiger partial charge in [-0.05, 0) is 49.2 Å². The van der Waals surface area contributed by atoms with Gasteiger partial charge in [-0.1, -0.05) is 18.2 Å². The van der Waals surface area contributed by atoms with E-state index in [1.165, 1.54) is 27.2 Å². The minimum absolute atomic E-state index is 0.0103. The number of benzene rings is 2. The molecule has 0 radical (unpaired) electrons. The van der Waals surface area contributed by atoms with E-state index in [1.807, 2.05) is 19.1 Å². The summed E-state index contributed by atoms with van der Waals surface area (Å²) in [5.74, 6) is 0.110. The van der Waals surface area contributed by atoms with Crippen LogP contribution in [-0.4, -0.2) is 61.4 Å². The Morgan fingerprint density at radius 3 is 2.56 bits per heavy atom. The summed E-state index contributed by atoms with van der Waals surface area (Å²) in [4.78, 5) is 26.0. The van der Waals surface area contributed by atoms with Crippen molar-refractivity contribution < 1.29 is 22.7 Å². The number of fused-ring (bicyclic) bond motifs is 1. The number of amides is 2. The molecule has 2 amide bonds. The van der Waals surface area contributed by atoms with Crippen molar-refractivity contribution in [3.63, 3.8) is 0 Å². The van der Waals surface area contributed by atoms with Crippen LogP contribution in [0, 0.1) is 0 Å². The Labute approximate surface area is 198 Å². The number of hydrogen-bond acceptors (Lipinski definition) is 6. The molecular formula is C24H28N4O5S. The number of piperazine rings is 1. The smallest absolute Gasteiger partial charge is 0.268 e. The molecule has 3 aromatic rings. The van der Waals surface area contributed by atoms with Crippen molar-refractivity contribution in [2.45, 2.75) is 36.7 Å². The van der Waals surface area contributed by atoms with E-state index in [0.29, 0.717) is 35.2 Å². The summed E-state index contributed by atoms with van der Waals surface area (Å²) < 4.78 is 33.8. The summed E-state index contributed by atoms with van der Waals surface area (Å²) in [7, 11) is -2.34. The number of hydrogen-bond donors (Lipinski definition) is 2. The molecule has 1 aromatic heterocycles. The first kappa shape index (κ1) is 23.8. The van der Waals surface area contributed by atoms with Crippen LogP contribution < -0.4 is 15.8 Å². The fraction of sp³-hybridized carbons (Fsp3) is 0.333. The van der Waals surface area contributed by atoms with Gasteiger partial charge in [0.15, 0.2) is 0 Å². The molecule has 1 saturated heterocycles. The zero-order chi connectivity index (χ0) is 24.5. The molecule has 2 heterocycles. The summed E-state index contributed by atoms with van der Waals surface area (Å²) in [6.45, 7) is 2.35. The molecule has 0 spiro atoms. The maximum absolute atomic E-state index is 13.5. The number of nitrogens with two attached hydrogens (primary N) is 1. The van der Waals surface area contributed by atoms with Crippen molar-refractivity contribution in [2.24, 2.45) is 5.73 Å². The zero-order valence-electron chi connectivity index (χ0n) is 19.1. The van der Waals surface area contributed by atoms with Gasteiger partial charge >= 0.3 is 0 Å². The van der Waals surface area contributed by atoms with Crippen molar-refractivity contribution in [3.8, 4) is 5.75 Å². The first-order valence-electron chi connectivity index (χ1n) is 11.0. The van der Waals surface area contributed by atoms with Gasteiger partial charge in [0.2, 0.25) is 11.8 Å². The lowest BCUT2D eigenvalue weighted by atomic mass is 10.0. The zero-order valence-corrected chi connectivity index (χ0v) is 19.9. The first-order chi connectivity index (χ1) is 16.2. The fourth-order valence-electron chi connectivity index (χ4n) is 3.98. The van der Waals surface area contributed by atoms with Crippen molar-refractivity contribution in [2.75, 3.05) is 20.2 Å². The molecule has 2 atom stereocenters. The third-order valence-corrected chi connectivity index (χ3v) is 7.49. The standard InChI is InChI=1S/C24H28N4O5S/c1-16(25)11-12-33-18-7-9-19(10-8-18)34(31,32)28-14-17(20-5-3-4-6-22(20)28)13-21-24(30)27(2)15-23(29)26-21/h3-10,14,16,21H,11-13,15,25H2,1-2H3,(H,26,29)/t16-,21-/m0/s1. The van der Waals surface area contributed by atoms with Crippen LogP contribution in [0.4, 0.5) is 0 Å². The normalized spacial score (nSPS) is 17.6. The van der Waals surface area contributed by atoms with E-state index in [2.05, 4.69) is 5.32 Å². The summed E-state index contributed by atoms with van der Waals surface area (Å²) in [6, 6.07) is 12.6. The van der Waals surface area contributed by atoms with Crippen LogP contribution >= 0.6 is 0 Å². The molecule has 180 valence electrons. The van der Waals surface area contributed by atoms with Gasteiger partial charge in [-0.15, -0.1) is 0 Å². The van der Waals surface area contributed by atoms with E-state index >= 15 is 0 Å². The second-order valence-electron chi connectivity index (χ2n) is 8.58. The molecule has 4 rings (SSSR count). The Kier molecular flexibility index (Phi) is 6.63. The van der Waals surface area contributed by atoms with Gasteiger partial charge in [0.25, 0.3) is 10.0 Å².